The summed E-state index contributed by atoms with van der Waals surface area (Å²) in [5.41, 5.74) is 0. The van der Waals surface area contributed by atoms with Crippen molar-refractivity contribution < 1.29 is 9.34 Å². The summed E-state index contributed by atoms with van der Waals surface area (Å²) in [4.78, 5) is 18.0. The number of hydrogen-bond donors (Lipinski definition) is 1. The van der Waals surface area contributed by atoms with Crippen molar-refractivity contribution in [2.24, 2.45) is 7.05 Å². The van der Waals surface area contributed by atoms with Crippen molar-refractivity contribution in [3.8, 4) is 0 Å². The zero-order valence-corrected chi connectivity index (χ0v) is 10.1. The van der Waals surface area contributed by atoms with Crippen LogP contribution in [0.1, 0.15) is 18.6 Å². The Morgan fingerprint density at radius 2 is 2.33 bits per heavy atom. The normalized spacial score (nSPS) is 10.6. The van der Waals surface area contributed by atoms with Gasteiger partial charge in [-0.25, -0.2) is 4.98 Å². The lowest BCUT2D eigenvalue weighted by Gasteiger charge is -2.03. The van der Waals surface area contributed by atoms with Crippen molar-refractivity contribution in [2.75, 3.05) is 5.32 Å². The lowest BCUT2D eigenvalue weighted by Crippen LogP contribution is -2.05. The molecule has 0 spiro atoms. The van der Waals surface area contributed by atoms with Gasteiger partial charge in [0.2, 0.25) is 18.0 Å². The van der Waals surface area contributed by atoms with E-state index < -0.39 is 4.92 Å². The van der Waals surface area contributed by atoms with Crippen molar-refractivity contribution in [2.45, 2.75) is 19.9 Å². The van der Waals surface area contributed by atoms with E-state index in [4.69, 9.17) is 4.42 Å². The molecule has 2 heterocycles. The summed E-state index contributed by atoms with van der Waals surface area (Å²) in [6.45, 7) is 2.24. The fraction of sp³-hybridized carbons (Fsp3) is 0.400. The number of nitrogens with one attached hydrogen (secondary N) is 1. The Morgan fingerprint density at radius 3 is 2.94 bits per heavy atom. The molecule has 0 atom stereocenters. The highest BCUT2D eigenvalue weighted by atomic mass is 16.6. The van der Waals surface area contributed by atoms with Crippen LogP contribution in [0.5, 0.6) is 0 Å². The molecule has 8 heteroatoms. The monoisotopic (exact) mass is 251 g/mol. The Labute approximate surface area is 103 Å². The highest BCUT2D eigenvalue weighted by Crippen LogP contribution is 2.21. The van der Waals surface area contributed by atoms with Crippen LogP contribution in [0.2, 0.25) is 0 Å². The minimum absolute atomic E-state index is 0.209. The van der Waals surface area contributed by atoms with Gasteiger partial charge in [0.1, 0.15) is 5.76 Å². The SMILES string of the molecule is CCc1cnc(CNc2c([N+](=O)[O-])ncn2C)o1. The molecule has 2 aromatic heterocycles. The molecule has 0 aromatic carbocycles. The molecular formula is C10H13N5O3. The maximum atomic E-state index is 10.7. The molecule has 0 fully saturated rings. The Hall–Kier alpha value is -2.38. The minimum atomic E-state index is -0.532. The average Bonchev–Trinajstić information content (AvgIpc) is 2.93. The van der Waals surface area contributed by atoms with Crippen LogP contribution in [-0.4, -0.2) is 19.5 Å². The molecule has 0 radical (unpaired) electrons. The van der Waals surface area contributed by atoms with Crippen LogP contribution in [0, 0.1) is 10.1 Å². The second-order valence-corrected chi connectivity index (χ2v) is 3.71. The van der Waals surface area contributed by atoms with E-state index >= 15 is 0 Å². The maximum absolute atomic E-state index is 10.7. The predicted molar refractivity (Wildman–Crippen MR) is 63.1 cm³/mol. The Morgan fingerprint density at radius 1 is 1.56 bits per heavy atom. The highest BCUT2D eigenvalue weighted by Gasteiger charge is 2.20. The van der Waals surface area contributed by atoms with Crippen molar-refractivity contribution in [3.05, 3.63) is 34.3 Å². The quantitative estimate of drug-likeness (QED) is 0.638. The van der Waals surface area contributed by atoms with Crippen molar-refractivity contribution in [3.63, 3.8) is 0 Å². The zero-order chi connectivity index (χ0) is 13.1. The summed E-state index contributed by atoms with van der Waals surface area (Å²) >= 11 is 0. The van der Waals surface area contributed by atoms with Gasteiger partial charge in [-0.3, -0.25) is 4.57 Å². The van der Waals surface area contributed by atoms with Gasteiger partial charge in [0.25, 0.3) is 0 Å². The van der Waals surface area contributed by atoms with Gasteiger partial charge >= 0.3 is 5.82 Å². The van der Waals surface area contributed by atoms with Crippen molar-refractivity contribution in [1.29, 1.82) is 0 Å². The molecule has 2 rings (SSSR count). The van der Waals surface area contributed by atoms with E-state index in [-0.39, 0.29) is 12.4 Å². The fourth-order valence-corrected chi connectivity index (χ4v) is 1.51. The molecule has 0 saturated heterocycles. The molecule has 0 aliphatic carbocycles. The van der Waals surface area contributed by atoms with Gasteiger partial charge in [0, 0.05) is 13.5 Å². The molecule has 0 aliphatic rings. The molecule has 1 N–H and O–H groups in total. The number of nitro groups is 1. The predicted octanol–water partition coefficient (Wildman–Crippen LogP) is 1.49. The Kier molecular flexibility index (Phi) is 3.26. The lowest BCUT2D eigenvalue weighted by molar-refractivity contribution is -0.388. The molecule has 0 amide bonds. The fourth-order valence-electron chi connectivity index (χ4n) is 1.51. The van der Waals surface area contributed by atoms with Gasteiger partial charge in [-0.15, -0.1) is 0 Å². The molecule has 96 valence electrons. The van der Waals surface area contributed by atoms with E-state index in [0.717, 1.165) is 12.2 Å². The molecule has 0 aliphatic heterocycles. The van der Waals surface area contributed by atoms with Gasteiger partial charge in [-0.2, -0.15) is 0 Å². The first-order valence-electron chi connectivity index (χ1n) is 5.45. The lowest BCUT2D eigenvalue weighted by atomic mass is 10.4. The highest BCUT2D eigenvalue weighted by molar-refractivity contribution is 5.51. The number of rotatable bonds is 5. The Balaban J connectivity index is 2.10. The summed E-state index contributed by atoms with van der Waals surface area (Å²) in [5, 5.41) is 13.6. The van der Waals surface area contributed by atoms with Crippen LogP contribution in [0.4, 0.5) is 11.6 Å². The van der Waals surface area contributed by atoms with Crippen LogP contribution < -0.4 is 5.32 Å². The number of imidazole rings is 1. The third-order valence-corrected chi connectivity index (χ3v) is 2.45. The second-order valence-electron chi connectivity index (χ2n) is 3.71. The number of aromatic nitrogens is 3. The molecule has 8 nitrogen and oxygen atoms in total. The maximum Gasteiger partial charge on any atom is 0.406 e. The number of oxazole rings is 1. The number of aryl methyl sites for hydroxylation is 2. The first-order chi connectivity index (χ1) is 8.61. The largest absolute Gasteiger partial charge is 0.444 e. The number of anilines is 1. The van der Waals surface area contributed by atoms with Gasteiger partial charge in [0.15, 0.2) is 0 Å². The van der Waals surface area contributed by atoms with E-state index in [1.165, 1.54) is 6.33 Å². The topological polar surface area (TPSA) is 99.0 Å². The van der Waals surface area contributed by atoms with E-state index in [9.17, 15) is 10.1 Å². The van der Waals surface area contributed by atoms with Gasteiger partial charge in [-0.05, 0) is 9.91 Å². The smallest absolute Gasteiger partial charge is 0.406 e. The van der Waals surface area contributed by atoms with Crippen LogP contribution in [0.15, 0.2) is 16.9 Å². The molecule has 2 aromatic rings. The van der Waals surface area contributed by atoms with Gasteiger partial charge in [0.05, 0.1) is 12.7 Å². The van der Waals surface area contributed by atoms with Crippen LogP contribution >= 0.6 is 0 Å². The first-order valence-corrected chi connectivity index (χ1v) is 5.45. The molecule has 18 heavy (non-hydrogen) atoms. The van der Waals surface area contributed by atoms with Gasteiger partial charge < -0.3 is 19.8 Å². The van der Waals surface area contributed by atoms with Crippen molar-refractivity contribution in [1.82, 2.24) is 14.5 Å². The second kappa shape index (κ2) is 4.86. The zero-order valence-electron chi connectivity index (χ0n) is 10.1. The van der Waals surface area contributed by atoms with Gasteiger partial charge in [-0.1, -0.05) is 6.92 Å². The number of nitrogens with zero attached hydrogens (tertiary/aromatic N) is 4. The first kappa shape index (κ1) is 12.1. The summed E-state index contributed by atoms with van der Waals surface area (Å²) in [6, 6.07) is 0. The summed E-state index contributed by atoms with van der Waals surface area (Å²) in [5.74, 6) is 1.39. The number of hydrogen-bond acceptors (Lipinski definition) is 6. The minimum Gasteiger partial charge on any atom is -0.444 e. The summed E-state index contributed by atoms with van der Waals surface area (Å²) < 4.78 is 6.94. The van der Waals surface area contributed by atoms with E-state index in [1.807, 2.05) is 6.92 Å². The molecule has 0 bridgehead atoms. The average molecular weight is 251 g/mol. The van der Waals surface area contributed by atoms with E-state index in [1.54, 1.807) is 17.8 Å². The standard InChI is InChI=1S/C10H13N5O3/c1-3-7-4-11-8(18-7)5-12-9-10(15(16)17)13-6-14(9)2/h4,6,12H,3,5H2,1-2H3. The van der Waals surface area contributed by atoms with Crippen LogP contribution in [0.3, 0.4) is 0 Å². The third-order valence-electron chi connectivity index (χ3n) is 2.45. The van der Waals surface area contributed by atoms with E-state index in [2.05, 4.69) is 15.3 Å². The summed E-state index contributed by atoms with van der Waals surface area (Å²) in [6.07, 6.45) is 3.79. The summed E-state index contributed by atoms with van der Waals surface area (Å²) in [7, 11) is 1.68. The Bertz CT molecular complexity index is 560. The molecular weight excluding hydrogens is 238 g/mol. The van der Waals surface area contributed by atoms with Crippen molar-refractivity contribution >= 4 is 11.6 Å². The molecule has 0 unspecified atom stereocenters. The van der Waals surface area contributed by atoms with E-state index in [0.29, 0.717) is 11.7 Å². The van der Waals surface area contributed by atoms with Crippen LogP contribution in [0.25, 0.3) is 0 Å². The van der Waals surface area contributed by atoms with Crippen LogP contribution in [-0.2, 0) is 20.0 Å². The molecule has 0 saturated carbocycles. The third kappa shape index (κ3) is 2.31.